The summed E-state index contributed by atoms with van der Waals surface area (Å²) in [5, 5.41) is 24.7. The lowest BCUT2D eigenvalue weighted by atomic mass is 10.0. The molecule has 2 aromatic heterocycles. The summed E-state index contributed by atoms with van der Waals surface area (Å²) in [6, 6.07) is 13.8. The molecular weight excluding hydrogens is 540 g/mol. The number of rotatable bonds is 8. The number of hydrogen-bond acceptors (Lipinski definition) is 6. The van der Waals surface area contributed by atoms with E-state index in [0.717, 1.165) is 50.6 Å². The Morgan fingerprint density at radius 3 is 2.59 bits per heavy atom. The lowest BCUT2D eigenvalue weighted by Crippen LogP contribution is -2.46. The van der Waals surface area contributed by atoms with Gasteiger partial charge in [0.1, 0.15) is 5.60 Å². The number of aromatic amines is 2. The molecule has 1 saturated carbocycles. The largest absolute Gasteiger partial charge is 0.506 e. The summed E-state index contributed by atoms with van der Waals surface area (Å²) in [7, 11) is 0. The van der Waals surface area contributed by atoms with Crippen molar-refractivity contribution in [2.75, 3.05) is 6.54 Å². The predicted octanol–water partition coefficient (Wildman–Crippen LogP) is 5.52. The fraction of sp³-hybridized carbons (Fsp3) is 0.346. The van der Waals surface area contributed by atoms with Crippen LogP contribution < -0.4 is 0 Å². The Balaban J connectivity index is 1.47. The number of fused-ring (bicyclic) bond motifs is 1. The summed E-state index contributed by atoms with van der Waals surface area (Å²) in [5.74, 6) is 0.461. The SMILES string of the molecule is CCC(=O)N(Cc1ccc2[nH]c(-c3ccccc3-c3nn[nH]n3)c(Br)c2c1)CC1(OC(=O)O)CCCC1. The number of carboxylic acid groups (broad SMARTS) is 1. The third-order valence-electron chi connectivity index (χ3n) is 6.91. The molecule has 0 bridgehead atoms. The average molecular weight is 567 g/mol. The van der Waals surface area contributed by atoms with Crippen LogP contribution in [0.5, 0.6) is 0 Å². The third kappa shape index (κ3) is 5.08. The number of H-pyrrole nitrogens is 2. The first kappa shape index (κ1) is 24.9. The summed E-state index contributed by atoms with van der Waals surface area (Å²) >= 11 is 3.77. The number of hydrogen-bond donors (Lipinski definition) is 3. The number of nitrogens with zero attached hydrogens (tertiary/aromatic N) is 4. The first-order valence-corrected chi connectivity index (χ1v) is 13.0. The molecule has 37 heavy (non-hydrogen) atoms. The van der Waals surface area contributed by atoms with E-state index in [4.69, 9.17) is 4.74 Å². The Labute approximate surface area is 221 Å². The van der Waals surface area contributed by atoms with Gasteiger partial charge in [-0.3, -0.25) is 4.79 Å². The standard InChI is InChI=1S/C26H27BrN6O4/c1-2-21(34)33(15-26(37-25(35)36)11-5-6-12-26)14-16-9-10-20-19(13-16)22(27)23(28-20)17-7-3-4-8-18(17)24-29-31-32-30-24/h3-4,7-10,13,28H,2,5-6,11-12,14-15H2,1H3,(H,35,36)(H,29,30,31,32). The molecule has 2 aromatic carbocycles. The van der Waals surface area contributed by atoms with Gasteiger partial charge in [0.25, 0.3) is 0 Å². The van der Waals surface area contributed by atoms with Crippen LogP contribution in [-0.4, -0.2) is 59.8 Å². The van der Waals surface area contributed by atoms with E-state index in [2.05, 4.69) is 41.5 Å². The van der Waals surface area contributed by atoms with Gasteiger partial charge in [-0.1, -0.05) is 37.3 Å². The van der Waals surface area contributed by atoms with Crippen LogP contribution in [0.15, 0.2) is 46.9 Å². The van der Waals surface area contributed by atoms with Crippen molar-refractivity contribution in [3.05, 3.63) is 52.5 Å². The second-order valence-electron chi connectivity index (χ2n) is 9.34. The van der Waals surface area contributed by atoms with E-state index < -0.39 is 11.8 Å². The maximum absolute atomic E-state index is 12.9. The van der Waals surface area contributed by atoms with E-state index in [1.165, 1.54) is 0 Å². The van der Waals surface area contributed by atoms with Gasteiger partial charge in [0.05, 0.1) is 16.7 Å². The number of benzene rings is 2. The van der Waals surface area contributed by atoms with E-state index in [0.29, 0.717) is 31.6 Å². The Morgan fingerprint density at radius 1 is 1.16 bits per heavy atom. The molecule has 192 valence electrons. The first-order chi connectivity index (χ1) is 17.9. The van der Waals surface area contributed by atoms with Crippen LogP contribution >= 0.6 is 15.9 Å². The molecule has 0 atom stereocenters. The molecule has 4 aromatic rings. The first-order valence-electron chi connectivity index (χ1n) is 12.2. The lowest BCUT2D eigenvalue weighted by molar-refractivity contribution is -0.136. The van der Waals surface area contributed by atoms with Gasteiger partial charge in [0.15, 0.2) is 0 Å². The van der Waals surface area contributed by atoms with Crippen molar-refractivity contribution in [2.45, 2.75) is 51.2 Å². The molecule has 2 heterocycles. The van der Waals surface area contributed by atoms with Gasteiger partial charge in [-0.05, 0) is 64.5 Å². The van der Waals surface area contributed by atoms with Crippen molar-refractivity contribution < 1.29 is 19.4 Å². The number of halogens is 1. The summed E-state index contributed by atoms with van der Waals surface area (Å²) in [6.07, 6.45) is 2.06. The van der Waals surface area contributed by atoms with E-state index in [-0.39, 0.29) is 12.5 Å². The summed E-state index contributed by atoms with van der Waals surface area (Å²) in [6.45, 7) is 2.43. The van der Waals surface area contributed by atoms with Gasteiger partial charge in [0, 0.05) is 35.0 Å². The van der Waals surface area contributed by atoms with E-state index in [9.17, 15) is 14.7 Å². The van der Waals surface area contributed by atoms with Crippen LogP contribution in [0.2, 0.25) is 0 Å². The number of ether oxygens (including phenoxy) is 1. The molecule has 1 aliphatic rings. The van der Waals surface area contributed by atoms with Gasteiger partial charge in [-0.25, -0.2) is 4.79 Å². The minimum absolute atomic E-state index is 0.0387. The van der Waals surface area contributed by atoms with Crippen molar-refractivity contribution in [1.29, 1.82) is 0 Å². The zero-order chi connectivity index (χ0) is 26.0. The number of aromatic nitrogens is 5. The molecule has 0 unspecified atom stereocenters. The topological polar surface area (TPSA) is 137 Å². The fourth-order valence-electron chi connectivity index (χ4n) is 5.18. The number of tetrazole rings is 1. The predicted molar refractivity (Wildman–Crippen MR) is 141 cm³/mol. The van der Waals surface area contributed by atoms with Gasteiger partial charge in [-0.15, -0.1) is 10.2 Å². The molecule has 0 radical (unpaired) electrons. The molecule has 0 aliphatic heterocycles. The smallest absolute Gasteiger partial charge is 0.450 e. The average Bonchev–Trinajstić information content (AvgIpc) is 3.65. The monoisotopic (exact) mass is 566 g/mol. The molecule has 0 spiro atoms. The van der Waals surface area contributed by atoms with Crippen LogP contribution in [0.1, 0.15) is 44.6 Å². The molecule has 1 aliphatic carbocycles. The maximum atomic E-state index is 12.9. The quantitative estimate of drug-likeness (QED) is 0.238. The van der Waals surface area contributed by atoms with Crippen molar-refractivity contribution in [3.8, 4) is 22.6 Å². The highest BCUT2D eigenvalue weighted by Crippen LogP contribution is 2.39. The normalized spacial score (nSPS) is 14.6. The number of nitrogens with one attached hydrogen (secondary N) is 2. The lowest BCUT2D eigenvalue weighted by Gasteiger charge is -2.34. The van der Waals surface area contributed by atoms with Crippen LogP contribution in [0.3, 0.4) is 0 Å². The van der Waals surface area contributed by atoms with Crippen LogP contribution in [0.25, 0.3) is 33.5 Å². The molecule has 3 N–H and O–H groups in total. The van der Waals surface area contributed by atoms with E-state index in [1.807, 2.05) is 49.4 Å². The second-order valence-corrected chi connectivity index (χ2v) is 10.1. The molecule has 10 nitrogen and oxygen atoms in total. The minimum Gasteiger partial charge on any atom is -0.450 e. The van der Waals surface area contributed by atoms with Crippen molar-refractivity contribution >= 4 is 38.9 Å². The Morgan fingerprint density at radius 2 is 1.92 bits per heavy atom. The molecule has 11 heteroatoms. The number of carbonyl (C=O) groups excluding carboxylic acids is 1. The zero-order valence-corrected chi connectivity index (χ0v) is 21.9. The highest BCUT2D eigenvalue weighted by atomic mass is 79.9. The van der Waals surface area contributed by atoms with E-state index >= 15 is 0 Å². The Bertz CT molecular complexity index is 1430. The Hall–Kier alpha value is -3.73. The highest BCUT2D eigenvalue weighted by Gasteiger charge is 2.40. The maximum Gasteiger partial charge on any atom is 0.506 e. The van der Waals surface area contributed by atoms with Gasteiger partial charge < -0.3 is 19.7 Å². The van der Waals surface area contributed by atoms with Crippen LogP contribution in [0.4, 0.5) is 4.79 Å². The Kier molecular flexibility index (Phi) is 6.96. The number of carbonyl (C=O) groups is 2. The third-order valence-corrected chi connectivity index (χ3v) is 7.73. The minimum atomic E-state index is -1.29. The van der Waals surface area contributed by atoms with Gasteiger partial charge >= 0.3 is 6.16 Å². The fourth-order valence-corrected chi connectivity index (χ4v) is 5.82. The number of amides is 1. The van der Waals surface area contributed by atoms with Crippen molar-refractivity contribution in [3.63, 3.8) is 0 Å². The molecular formula is C26H27BrN6O4. The molecule has 1 amide bonds. The van der Waals surface area contributed by atoms with E-state index in [1.54, 1.807) is 4.90 Å². The summed E-state index contributed by atoms with van der Waals surface area (Å²) < 4.78 is 6.22. The molecule has 5 rings (SSSR count). The van der Waals surface area contributed by atoms with Crippen molar-refractivity contribution in [1.82, 2.24) is 30.5 Å². The second kappa shape index (κ2) is 10.3. The summed E-state index contributed by atoms with van der Waals surface area (Å²) in [4.78, 5) is 29.5. The van der Waals surface area contributed by atoms with Crippen molar-refractivity contribution in [2.24, 2.45) is 0 Å². The highest BCUT2D eigenvalue weighted by molar-refractivity contribution is 9.10. The van der Waals surface area contributed by atoms with Gasteiger partial charge in [-0.2, -0.15) is 5.21 Å². The van der Waals surface area contributed by atoms with Crippen LogP contribution in [0, 0.1) is 0 Å². The summed E-state index contributed by atoms with van der Waals surface area (Å²) in [5.41, 5.74) is 3.67. The molecule has 1 fully saturated rings. The van der Waals surface area contributed by atoms with Gasteiger partial charge in [0.2, 0.25) is 11.7 Å². The zero-order valence-electron chi connectivity index (χ0n) is 20.3. The van der Waals surface area contributed by atoms with Crippen LogP contribution in [-0.2, 0) is 16.1 Å². The molecule has 0 saturated heterocycles.